The van der Waals surface area contributed by atoms with Crippen LogP contribution in [0.3, 0.4) is 0 Å². The van der Waals surface area contributed by atoms with Crippen LogP contribution in [0.1, 0.15) is 25.1 Å². The molecule has 1 fully saturated rings. The Balaban J connectivity index is 2.10. The van der Waals surface area contributed by atoms with E-state index in [-0.39, 0.29) is 12.2 Å². The lowest BCUT2D eigenvalue weighted by Crippen LogP contribution is -2.44. The predicted octanol–water partition coefficient (Wildman–Crippen LogP) is 0.920. The summed E-state index contributed by atoms with van der Waals surface area (Å²) in [5.41, 5.74) is 8.20. The third-order valence-corrected chi connectivity index (χ3v) is 3.27. The molecule has 2 heterocycles. The molecule has 1 aromatic heterocycles. The number of morpholine rings is 1. The molecule has 2 atom stereocenters. The molecule has 2 rings (SSSR count). The molecule has 17 heavy (non-hydrogen) atoms. The van der Waals surface area contributed by atoms with Crippen molar-refractivity contribution in [2.24, 2.45) is 7.05 Å². The SMILES string of the molecule is Cc1nn(C)c(N)c1CN1CC(C)OC(C)C1. The highest BCUT2D eigenvalue weighted by Crippen LogP contribution is 2.20. The molecule has 0 aromatic carbocycles. The predicted molar refractivity (Wildman–Crippen MR) is 67.6 cm³/mol. The lowest BCUT2D eigenvalue weighted by atomic mass is 10.1. The standard InChI is InChI=1S/C12H22N4O/c1-8-5-16(6-9(2)17-8)7-11-10(3)14-15(4)12(11)13/h8-9H,5-7,13H2,1-4H3. The largest absolute Gasteiger partial charge is 0.384 e. The average molecular weight is 238 g/mol. The molecule has 0 spiro atoms. The maximum absolute atomic E-state index is 6.03. The van der Waals surface area contributed by atoms with Crippen LogP contribution in [-0.4, -0.2) is 40.0 Å². The fourth-order valence-electron chi connectivity index (χ4n) is 2.55. The highest BCUT2D eigenvalue weighted by atomic mass is 16.5. The highest BCUT2D eigenvalue weighted by Gasteiger charge is 2.24. The Hall–Kier alpha value is -1.07. The van der Waals surface area contributed by atoms with E-state index in [1.54, 1.807) is 4.68 Å². The summed E-state index contributed by atoms with van der Waals surface area (Å²) >= 11 is 0. The Labute approximate surface area is 103 Å². The second-order valence-electron chi connectivity index (χ2n) is 5.02. The van der Waals surface area contributed by atoms with Gasteiger partial charge < -0.3 is 10.5 Å². The number of rotatable bonds is 2. The number of nitrogens with two attached hydrogens (primary N) is 1. The Morgan fingerprint density at radius 3 is 2.41 bits per heavy atom. The normalized spacial score (nSPS) is 26.4. The smallest absolute Gasteiger partial charge is 0.126 e. The molecule has 0 saturated carbocycles. The molecule has 1 aliphatic heterocycles. The number of ether oxygens (including phenoxy) is 1. The number of hydrogen-bond donors (Lipinski definition) is 1. The van der Waals surface area contributed by atoms with Crippen molar-refractivity contribution in [1.29, 1.82) is 0 Å². The van der Waals surface area contributed by atoms with Crippen molar-refractivity contribution in [3.05, 3.63) is 11.3 Å². The van der Waals surface area contributed by atoms with E-state index < -0.39 is 0 Å². The van der Waals surface area contributed by atoms with Crippen molar-refractivity contribution in [1.82, 2.24) is 14.7 Å². The van der Waals surface area contributed by atoms with E-state index in [1.807, 2.05) is 14.0 Å². The molecule has 5 nitrogen and oxygen atoms in total. The fourth-order valence-corrected chi connectivity index (χ4v) is 2.55. The summed E-state index contributed by atoms with van der Waals surface area (Å²) in [7, 11) is 1.89. The number of hydrogen-bond acceptors (Lipinski definition) is 4. The van der Waals surface area contributed by atoms with Crippen LogP contribution < -0.4 is 5.73 Å². The Kier molecular flexibility index (Phi) is 3.40. The lowest BCUT2D eigenvalue weighted by Gasteiger charge is -2.35. The molecule has 0 aliphatic carbocycles. The van der Waals surface area contributed by atoms with E-state index in [9.17, 15) is 0 Å². The fraction of sp³-hybridized carbons (Fsp3) is 0.750. The van der Waals surface area contributed by atoms with Gasteiger partial charge in [0.2, 0.25) is 0 Å². The first-order valence-electron chi connectivity index (χ1n) is 6.13. The summed E-state index contributed by atoms with van der Waals surface area (Å²) in [5.74, 6) is 0.772. The first-order chi connectivity index (χ1) is 7.97. The summed E-state index contributed by atoms with van der Waals surface area (Å²) in [6, 6.07) is 0. The van der Waals surface area contributed by atoms with Crippen LogP contribution in [0.4, 0.5) is 5.82 Å². The van der Waals surface area contributed by atoms with Crippen molar-refractivity contribution >= 4 is 5.82 Å². The molecular weight excluding hydrogens is 216 g/mol. The average Bonchev–Trinajstić information content (AvgIpc) is 2.44. The topological polar surface area (TPSA) is 56.3 Å². The maximum atomic E-state index is 6.03. The number of anilines is 1. The summed E-state index contributed by atoms with van der Waals surface area (Å²) in [6.45, 7) is 9.02. The van der Waals surface area contributed by atoms with Crippen LogP contribution in [0.15, 0.2) is 0 Å². The zero-order valence-corrected chi connectivity index (χ0v) is 11.1. The zero-order chi connectivity index (χ0) is 12.6. The van der Waals surface area contributed by atoms with Crippen molar-refractivity contribution in [3.8, 4) is 0 Å². The molecule has 1 saturated heterocycles. The van der Waals surface area contributed by atoms with Crippen LogP contribution in [0.2, 0.25) is 0 Å². The van der Waals surface area contributed by atoms with Gasteiger partial charge in [0, 0.05) is 32.2 Å². The van der Waals surface area contributed by atoms with Crippen LogP contribution in [-0.2, 0) is 18.3 Å². The molecule has 2 N–H and O–H groups in total. The van der Waals surface area contributed by atoms with Crippen LogP contribution in [0.5, 0.6) is 0 Å². The van der Waals surface area contributed by atoms with Crippen molar-refractivity contribution in [2.45, 2.75) is 39.5 Å². The van der Waals surface area contributed by atoms with Gasteiger partial charge in [0.15, 0.2) is 0 Å². The Bertz CT molecular complexity index is 391. The quantitative estimate of drug-likeness (QED) is 0.832. The third-order valence-electron chi connectivity index (χ3n) is 3.27. The van der Waals surface area contributed by atoms with E-state index in [0.29, 0.717) is 0 Å². The van der Waals surface area contributed by atoms with E-state index in [1.165, 1.54) is 0 Å². The minimum Gasteiger partial charge on any atom is -0.384 e. The highest BCUT2D eigenvalue weighted by molar-refractivity contribution is 5.42. The summed E-state index contributed by atoms with van der Waals surface area (Å²) in [6.07, 6.45) is 0.578. The van der Waals surface area contributed by atoms with Gasteiger partial charge in [-0.05, 0) is 20.8 Å². The summed E-state index contributed by atoms with van der Waals surface area (Å²) < 4.78 is 7.47. The second-order valence-corrected chi connectivity index (χ2v) is 5.02. The number of aryl methyl sites for hydroxylation is 2. The van der Waals surface area contributed by atoms with E-state index in [0.717, 1.165) is 36.7 Å². The third kappa shape index (κ3) is 2.61. The summed E-state index contributed by atoms with van der Waals surface area (Å²) in [4.78, 5) is 2.39. The monoisotopic (exact) mass is 238 g/mol. The van der Waals surface area contributed by atoms with Gasteiger partial charge in [0.05, 0.1) is 17.9 Å². The molecular formula is C12H22N4O. The van der Waals surface area contributed by atoms with E-state index in [4.69, 9.17) is 10.5 Å². The van der Waals surface area contributed by atoms with Crippen molar-refractivity contribution in [2.75, 3.05) is 18.8 Å². The van der Waals surface area contributed by atoms with Gasteiger partial charge in [-0.25, -0.2) is 0 Å². The van der Waals surface area contributed by atoms with E-state index in [2.05, 4.69) is 23.8 Å². The first kappa shape index (κ1) is 12.4. The number of aromatic nitrogens is 2. The molecule has 5 heteroatoms. The molecule has 0 bridgehead atoms. The van der Waals surface area contributed by atoms with Crippen LogP contribution in [0.25, 0.3) is 0 Å². The molecule has 96 valence electrons. The maximum Gasteiger partial charge on any atom is 0.126 e. The van der Waals surface area contributed by atoms with Crippen molar-refractivity contribution in [3.63, 3.8) is 0 Å². The van der Waals surface area contributed by atoms with Gasteiger partial charge in [0.25, 0.3) is 0 Å². The number of nitrogens with zero attached hydrogens (tertiary/aromatic N) is 3. The van der Waals surface area contributed by atoms with Crippen molar-refractivity contribution < 1.29 is 4.74 Å². The minimum atomic E-state index is 0.289. The Morgan fingerprint density at radius 1 is 1.35 bits per heavy atom. The zero-order valence-electron chi connectivity index (χ0n) is 11.1. The number of nitrogen functional groups attached to an aromatic ring is 1. The van der Waals surface area contributed by atoms with Gasteiger partial charge >= 0.3 is 0 Å². The minimum absolute atomic E-state index is 0.289. The molecule has 1 aromatic rings. The molecule has 2 unspecified atom stereocenters. The molecule has 1 aliphatic rings. The second kappa shape index (κ2) is 4.66. The molecule has 0 radical (unpaired) electrons. The summed E-state index contributed by atoms with van der Waals surface area (Å²) in [5, 5.41) is 4.35. The molecule has 0 amide bonds. The van der Waals surface area contributed by atoms with Gasteiger partial charge in [-0.2, -0.15) is 5.10 Å². The lowest BCUT2D eigenvalue weighted by molar-refractivity contribution is -0.0704. The van der Waals surface area contributed by atoms with E-state index >= 15 is 0 Å². The van der Waals surface area contributed by atoms with Crippen LogP contribution in [0, 0.1) is 6.92 Å². The first-order valence-corrected chi connectivity index (χ1v) is 6.13. The van der Waals surface area contributed by atoms with Gasteiger partial charge in [0.1, 0.15) is 5.82 Å². The van der Waals surface area contributed by atoms with Crippen LogP contribution >= 0.6 is 0 Å². The van der Waals surface area contributed by atoms with Gasteiger partial charge in [-0.15, -0.1) is 0 Å². The van der Waals surface area contributed by atoms with Gasteiger partial charge in [-0.1, -0.05) is 0 Å². The van der Waals surface area contributed by atoms with Gasteiger partial charge in [-0.3, -0.25) is 9.58 Å². The Morgan fingerprint density at radius 2 is 1.94 bits per heavy atom.